The minimum absolute atomic E-state index is 0.0768. The Morgan fingerprint density at radius 2 is 1.86 bits per heavy atom. The van der Waals surface area contributed by atoms with Gasteiger partial charge in [-0.25, -0.2) is 0 Å². The number of fused-ring (bicyclic) bond motifs is 3. The predicted octanol–water partition coefficient (Wildman–Crippen LogP) is 3.41. The van der Waals surface area contributed by atoms with Gasteiger partial charge in [-0.15, -0.1) is 0 Å². The number of aromatic nitrogens is 2. The molecule has 3 aliphatic heterocycles. The van der Waals surface area contributed by atoms with E-state index in [1.807, 2.05) is 11.8 Å². The van der Waals surface area contributed by atoms with Gasteiger partial charge in [0.1, 0.15) is 0 Å². The molecular formula is C29H36N4O4. The molecule has 7 rings (SSSR count). The highest BCUT2D eigenvalue weighted by atomic mass is 16.5. The van der Waals surface area contributed by atoms with Gasteiger partial charge in [0.25, 0.3) is 0 Å². The molecule has 2 amide bonds. The highest BCUT2D eigenvalue weighted by Gasteiger charge is 2.59. The van der Waals surface area contributed by atoms with Crippen molar-refractivity contribution in [2.24, 2.45) is 17.8 Å². The number of ether oxygens (including phenoxy) is 1. The Kier molecular flexibility index (Phi) is 5.64. The number of aryl methyl sites for hydroxylation is 1. The van der Waals surface area contributed by atoms with E-state index in [4.69, 9.17) is 9.26 Å². The number of amides is 2. The second-order valence-electron chi connectivity index (χ2n) is 12.0. The van der Waals surface area contributed by atoms with Gasteiger partial charge in [-0.2, -0.15) is 4.98 Å². The molecule has 0 bridgehead atoms. The third-order valence-electron chi connectivity index (χ3n) is 9.98. The van der Waals surface area contributed by atoms with Crippen molar-refractivity contribution in [3.8, 4) is 0 Å². The highest BCUT2D eigenvalue weighted by molar-refractivity contribution is 5.83. The van der Waals surface area contributed by atoms with Crippen LogP contribution in [0.1, 0.15) is 73.2 Å². The number of hydrogen-bond acceptors (Lipinski definition) is 6. The lowest BCUT2D eigenvalue weighted by Gasteiger charge is -2.41. The summed E-state index contributed by atoms with van der Waals surface area (Å²) in [6.07, 6.45) is 5.48. The van der Waals surface area contributed by atoms with Gasteiger partial charge in [-0.1, -0.05) is 29.4 Å². The van der Waals surface area contributed by atoms with E-state index in [2.05, 4.69) is 39.3 Å². The Morgan fingerprint density at radius 3 is 2.62 bits per heavy atom. The lowest BCUT2D eigenvalue weighted by molar-refractivity contribution is -0.135. The summed E-state index contributed by atoms with van der Waals surface area (Å²) in [6.45, 7) is 6.44. The molecule has 4 fully saturated rings. The molecule has 37 heavy (non-hydrogen) atoms. The molecule has 4 heterocycles. The molecule has 3 unspecified atom stereocenters. The van der Waals surface area contributed by atoms with Crippen LogP contribution in [0.2, 0.25) is 0 Å². The Balaban J connectivity index is 1.02. The average Bonchev–Trinajstić information content (AvgIpc) is 3.27. The lowest BCUT2D eigenvalue weighted by Crippen LogP contribution is -2.45. The monoisotopic (exact) mass is 504 g/mol. The van der Waals surface area contributed by atoms with Crippen LogP contribution in [0.4, 0.5) is 0 Å². The van der Waals surface area contributed by atoms with Crippen LogP contribution in [-0.4, -0.2) is 71.1 Å². The van der Waals surface area contributed by atoms with E-state index >= 15 is 0 Å². The number of piperidine rings is 2. The molecule has 3 saturated heterocycles. The van der Waals surface area contributed by atoms with Crippen LogP contribution < -0.4 is 0 Å². The smallest absolute Gasteiger partial charge is 0.226 e. The molecule has 8 nitrogen and oxygen atoms in total. The summed E-state index contributed by atoms with van der Waals surface area (Å²) in [4.78, 5) is 35.2. The Bertz CT molecular complexity index is 1190. The molecule has 0 radical (unpaired) electrons. The fourth-order valence-corrected chi connectivity index (χ4v) is 7.89. The number of carbonyl (C=O) groups is 2. The summed E-state index contributed by atoms with van der Waals surface area (Å²) in [5.41, 5.74) is 2.83. The Hall–Kier alpha value is -2.74. The van der Waals surface area contributed by atoms with Gasteiger partial charge in [0.2, 0.25) is 17.7 Å². The summed E-state index contributed by atoms with van der Waals surface area (Å²) in [7, 11) is 0. The van der Waals surface area contributed by atoms with Gasteiger partial charge in [-0.3, -0.25) is 9.59 Å². The van der Waals surface area contributed by atoms with Crippen LogP contribution >= 0.6 is 0 Å². The van der Waals surface area contributed by atoms with Crippen molar-refractivity contribution in [3.05, 3.63) is 47.1 Å². The Morgan fingerprint density at radius 1 is 1.08 bits per heavy atom. The van der Waals surface area contributed by atoms with E-state index in [-0.39, 0.29) is 29.1 Å². The minimum atomic E-state index is 0.0768. The minimum Gasteiger partial charge on any atom is -0.381 e. The summed E-state index contributed by atoms with van der Waals surface area (Å²) in [5.74, 6) is 3.40. The molecule has 1 saturated carbocycles. The van der Waals surface area contributed by atoms with Crippen molar-refractivity contribution >= 4 is 11.8 Å². The zero-order valence-corrected chi connectivity index (χ0v) is 21.6. The molecule has 5 aliphatic rings. The van der Waals surface area contributed by atoms with E-state index < -0.39 is 0 Å². The third kappa shape index (κ3) is 3.99. The maximum Gasteiger partial charge on any atom is 0.226 e. The van der Waals surface area contributed by atoms with E-state index in [0.717, 1.165) is 70.8 Å². The topological polar surface area (TPSA) is 88.8 Å². The number of nitrogens with zero attached hydrogens (tertiary/aromatic N) is 4. The van der Waals surface area contributed by atoms with Crippen LogP contribution in [0, 0.1) is 24.7 Å². The van der Waals surface area contributed by atoms with Crippen molar-refractivity contribution in [2.75, 3.05) is 39.4 Å². The first kappa shape index (κ1) is 23.4. The molecule has 8 heteroatoms. The SMILES string of the molecule is Cc1nc(C2CCCN(C(=O)CC3CC4(CCN(C(=O)C5[C@H]6COC[C@@H]56)CC4)c4ccccc43)C2)no1. The standard InChI is InChI=1S/C29H36N4O4/c1-18-30-27(31-37-18)19-5-4-10-33(15-19)25(34)13-20-14-29(24-7-3-2-6-21(20)24)8-11-32(12-9-29)28(35)26-22-16-36-17-23(22)26/h2-3,6-7,19-20,22-23,26H,4-5,8-17H2,1H3/t19?,20?,22-,23+,26?. The van der Waals surface area contributed by atoms with E-state index in [9.17, 15) is 9.59 Å². The second kappa shape index (κ2) is 8.93. The van der Waals surface area contributed by atoms with Crippen molar-refractivity contribution in [1.82, 2.24) is 19.9 Å². The second-order valence-corrected chi connectivity index (χ2v) is 12.0. The molecule has 1 spiro atoms. The van der Waals surface area contributed by atoms with E-state index in [0.29, 0.717) is 36.6 Å². The van der Waals surface area contributed by atoms with Gasteiger partial charge >= 0.3 is 0 Å². The highest BCUT2D eigenvalue weighted by Crippen LogP contribution is 2.55. The fraction of sp³-hybridized carbons (Fsp3) is 0.655. The lowest BCUT2D eigenvalue weighted by atomic mass is 9.73. The van der Waals surface area contributed by atoms with Crippen LogP contribution in [0.25, 0.3) is 0 Å². The predicted molar refractivity (Wildman–Crippen MR) is 135 cm³/mol. The molecule has 2 aliphatic carbocycles. The Labute approximate surface area is 217 Å². The molecule has 1 aromatic carbocycles. The first-order chi connectivity index (χ1) is 18.0. The summed E-state index contributed by atoms with van der Waals surface area (Å²) < 4.78 is 10.7. The molecule has 2 aromatic rings. The number of hydrogen-bond donors (Lipinski definition) is 0. The van der Waals surface area contributed by atoms with Gasteiger partial charge in [0, 0.05) is 51.4 Å². The average molecular weight is 505 g/mol. The van der Waals surface area contributed by atoms with E-state index in [1.54, 1.807) is 0 Å². The number of benzene rings is 1. The zero-order chi connectivity index (χ0) is 25.1. The van der Waals surface area contributed by atoms with Crippen molar-refractivity contribution in [3.63, 3.8) is 0 Å². The van der Waals surface area contributed by atoms with Crippen LogP contribution in [0.5, 0.6) is 0 Å². The van der Waals surface area contributed by atoms with Gasteiger partial charge in [0.15, 0.2) is 5.82 Å². The zero-order valence-electron chi connectivity index (χ0n) is 21.6. The number of carbonyl (C=O) groups excluding carboxylic acids is 2. The largest absolute Gasteiger partial charge is 0.381 e. The summed E-state index contributed by atoms with van der Waals surface area (Å²) >= 11 is 0. The number of rotatable bonds is 4. The van der Waals surface area contributed by atoms with Crippen molar-refractivity contribution in [1.29, 1.82) is 0 Å². The van der Waals surface area contributed by atoms with Gasteiger partial charge < -0.3 is 19.1 Å². The molecule has 1 aromatic heterocycles. The first-order valence-corrected chi connectivity index (χ1v) is 14.1. The van der Waals surface area contributed by atoms with E-state index in [1.165, 1.54) is 11.1 Å². The van der Waals surface area contributed by atoms with Gasteiger partial charge in [-0.05, 0) is 66.4 Å². The first-order valence-electron chi connectivity index (χ1n) is 14.1. The van der Waals surface area contributed by atoms with Crippen LogP contribution in [0.3, 0.4) is 0 Å². The van der Waals surface area contributed by atoms with Crippen LogP contribution in [-0.2, 0) is 19.7 Å². The molecule has 5 atom stereocenters. The number of likely N-dealkylation sites (tertiary alicyclic amines) is 2. The molecular weight excluding hydrogens is 468 g/mol. The van der Waals surface area contributed by atoms with Crippen molar-refractivity contribution < 1.29 is 18.8 Å². The maximum absolute atomic E-state index is 13.5. The van der Waals surface area contributed by atoms with Gasteiger partial charge in [0.05, 0.1) is 13.2 Å². The summed E-state index contributed by atoms with van der Waals surface area (Å²) in [6, 6.07) is 8.74. The third-order valence-corrected chi connectivity index (χ3v) is 9.98. The fourth-order valence-electron chi connectivity index (χ4n) is 7.89. The van der Waals surface area contributed by atoms with Crippen molar-refractivity contribution in [2.45, 2.75) is 62.7 Å². The molecule has 196 valence electrons. The normalized spacial score (nSPS) is 31.9. The summed E-state index contributed by atoms with van der Waals surface area (Å²) in [5, 5.41) is 4.11. The maximum atomic E-state index is 13.5. The van der Waals surface area contributed by atoms with Crippen LogP contribution in [0.15, 0.2) is 28.8 Å². The quantitative estimate of drug-likeness (QED) is 0.634. The molecule has 0 N–H and O–H groups in total.